The van der Waals surface area contributed by atoms with Crippen molar-refractivity contribution < 1.29 is 26.3 Å². The number of halogens is 6. The average Bonchev–Trinajstić information content (AvgIpc) is 2.70. The first kappa shape index (κ1) is 28.6. The van der Waals surface area contributed by atoms with Crippen molar-refractivity contribution in [2.75, 3.05) is 0 Å². The van der Waals surface area contributed by atoms with Gasteiger partial charge >= 0.3 is 12.4 Å². The van der Waals surface area contributed by atoms with Crippen LogP contribution in [-0.4, -0.2) is 0 Å². The van der Waals surface area contributed by atoms with E-state index in [1.807, 2.05) is 20.8 Å². The van der Waals surface area contributed by atoms with E-state index in [1.54, 1.807) is 6.92 Å². The molecular weight excluding hydrogens is 426 g/mol. The summed E-state index contributed by atoms with van der Waals surface area (Å²) in [6, 6.07) is 2.06. The third-order valence-corrected chi connectivity index (χ3v) is 7.51. The van der Waals surface area contributed by atoms with Crippen LogP contribution in [0.15, 0.2) is 29.8 Å². The highest BCUT2D eigenvalue weighted by Crippen LogP contribution is 2.59. The largest absolute Gasteiger partial charge is 0.416 e. The summed E-state index contributed by atoms with van der Waals surface area (Å²) in [4.78, 5) is 0. The maximum atomic E-state index is 13.5. The van der Waals surface area contributed by atoms with E-state index in [0.29, 0.717) is 12.8 Å². The molecule has 0 nitrogen and oxygen atoms in total. The number of hydrogen-bond acceptors (Lipinski definition) is 0. The first-order valence-corrected chi connectivity index (χ1v) is 11.5. The minimum absolute atomic E-state index is 0.104. The number of allylic oxidation sites excluding steroid dienone is 2. The van der Waals surface area contributed by atoms with Crippen LogP contribution in [0.4, 0.5) is 26.3 Å². The molecular formula is C26H38F6. The molecule has 1 rings (SSSR count). The smallest absolute Gasteiger partial charge is 0.166 e. The molecule has 0 radical (unpaired) electrons. The lowest BCUT2D eigenvalue weighted by Crippen LogP contribution is -2.43. The highest BCUT2D eigenvalue weighted by Gasteiger charge is 2.49. The van der Waals surface area contributed by atoms with Gasteiger partial charge in [-0.25, -0.2) is 0 Å². The van der Waals surface area contributed by atoms with Crippen molar-refractivity contribution in [2.45, 2.75) is 105 Å². The van der Waals surface area contributed by atoms with Crippen LogP contribution in [0.3, 0.4) is 0 Å². The van der Waals surface area contributed by atoms with Crippen LogP contribution in [0.2, 0.25) is 0 Å². The van der Waals surface area contributed by atoms with Gasteiger partial charge in [0.2, 0.25) is 0 Å². The highest BCUT2D eigenvalue weighted by atomic mass is 19.4. The molecule has 1 aromatic rings. The van der Waals surface area contributed by atoms with Crippen molar-refractivity contribution >= 4 is 0 Å². The molecule has 0 amide bonds. The van der Waals surface area contributed by atoms with Crippen molar-refractivity contribution in [1.82, 2.24) is 0 Å². The van der Waals surface area contributed by atoms with Crippen LogP contribution in [-0.2, 0) is 12.4 Å². The first-order chi connectivity index (χ1) is 14.6. The molecule has 6 heteroatoms. The standard InChI is InChI=1S/C26H38F6/c1-8-11-13-23(7,9-2)24(10-3,14-12-18(4)5)19(6)20-15-21(25(27,28)29)17-22(16-20)26(30,31)32/h12,15-17,19H,8-11,13-14H2,1-7H3. The Morgan fingerprint density at radius 2 is 1.38 bits per heavy atom. The molecule has 3 unspecified atom stereocenters. The van der Waals surface area contributed by atoms with Gasteiger partial charge in [0.1, 0.15) is 0 Å². The molecule has 0 N–H and O–H groups in total. The van der Waals surface area contributed by atoms with E-state index in [4.69, 9.17) is 0 Å². The Hall–Kier alpha value is -1.46. The molecule has 0 aliphatic heterocycles. The van der Waals surface area contributed by atoms with Gasteiger partial charge < -0.3 is 0 Å². The maximum Gasteiger partial charge on any atom is 0.416 e. The molecule has 0 aromatic heterocycles. The fourth-order valence-corrected chi connectivity index (χ4v) is 5.10. The Morgan fingerprint density at radius 3 is 1.72 bits per heavy atom. The summed E-state index contributed by atoms with van der Waals surface area (Å²) >= 11 is 0. The number of unbranched alkanes of at least 4 members (excludes halogenated alkanes) is 1. The van der Waals surface area contributed by atoms with E-state index >= 15 is 0 Å². The average molecular weight is 465 g/mol. The van der Waals surface area contributed by atoms with Crippen LogP contribution in [0.25, 0.3) is 0 Å². The van der Waals surface area contributed by atoms with E-state index in [2.05, 4.69) is 26.8 Å². The zero-order valence-electron chi connectivity index (χ0n) is 20.4. The Morgan fingerprint density at radius 1 is 0.875 bits per heavy atom. The zero-order valence-corrected chi connectivity index (χ0v) is 20.4. The third kappa shape index (κ3) is 6.32. The van der Waals surface area contributed by atoms with E-state index in [0.717, 1.165) is 43.4 Å². The summed E-state index contributed by atoms with van der Waals surface area (Å²) in [6.07, 6.45) is -2.73. The molecule has 0 saturated carbocycles. The SMILES string of the molecule is CCCCC(C)(CC)C(CC)(CC=C(C)C)C(C)c1cc(C(F)(F)F)cc(C(F)(F)F)c1. The molecule has 0 spiro atoms. The second kappa shape index (κ2) is 10.6. The van der Waals surface area contributed by atoms with Crippen molar-refractivity contribution in [1.29, 1.82) is 0 Å². The number of alkyl halides is 6. The molecule has 0 bridgehead atoms. The van der Waals surface area contributed by atoms with Crippen LogP contribution in [0.5, 0.6) is 0 Å². The molecule has 0 saturated heterocycles. The summed E-state index contributed by atoms with van der Waals surface area (Å²) in [5, 5.41) is 0. The van der Waals surface area contributed by atoms with Crippen molar-refractivity contribution in [3.8, 4) is 0 Å². The lowest BCUT2D eigenvalue weighted by Gasteiger charge is -2.53. The van der Waals surface area contributed by atoms with Crippen LogP contribution >= 0.6 is 0 Å². The summed E-state index contributed by atoms with van der Waals surface area (Å²) in [7, 11) is 0. The monoisotopic (exact) mass is 464 g/mol. The normalized spacial score (nSPS) is 17.4. The third-order valence-electron chi connectivity index (χ3n) is 7.51. The van der Waals surface area contributed by atoms with Gasteiger partial charge in [0.25, 0.3) is 0 Å². The maximum absolute atomic E-state index is 13.5. The van der Waals surface area contributed by atoms with Crippen LogP contribution in [0.1, 0.15) is 110 Å². The van der Waals surface area contributed by atoms with Gasteiger partial charge in [-0.15, -0.1) is 0 Å². The van der Waals surface area contributed by atoms with Gasteiger partial charge in [-0.05, 0) is 73.6 Å². The van der Waals surface area contributed by atoms with E-state index in [1.165, 1.54) is 0 Å². The van der Waals surface area contributed by atoms with E-state index < -0.39 is 34.8 Å². The Balaban J connectivity index is 3.83. The van der Waals surface area contributed by atoms with Crippen molar-refractivity contribution in [2.24, 2.45) is 10.8 Å². The highest BCUT2D eigenvalue weighted by molar-refractivity contribution is 5.37. The second-order valence-electron chi connectivity index (χ2n) is 9.57. The Labute approximate surface area is 189 Å². The van der Waals surface area contributed by atoms with Crippen molar-refractivity contribution in [3.63, 3.8) is 0 Å². The van der Waals surface area contributed by atoms with E-state index in [9.17, 15) is 26.3 Å². The van der Waals surface area contributed by atoms with E-state index in [-0.39, 0.29) is 17.0 Å². The van der Waals surface area contributed by atoms with Gasteiger partial charge in [0.15, 0.2) is 0 Å². The number of benzene rings is 1. The van der Waals surface area contributed by atoms with Gasteiger partial charge in [-0.1, -0.05) is 65.5 Å². The summed E-state index contributed by atoms with van der Waals surface area (Å²) < 4.78 is 81.1. The lowest BCUT2D eigenvalue weighted by molar-refractivity contribution is -0.143. The first-order valence-electron chi connectivity index (χ1n) is 11.5. The molecule has 0 aliphatic rings. The van der Waals surface area contributed by atoms with Gasteiger partial charge in [-0.2, -0.15) is 26.3 Å². The summed E-state index contributed by atoms with van der Waals surface area (Å²) in [5.74, 6) is -0.492. The minimum Gasteiger partial charge on any atom is -0.166 e. The van der Waals surface area contributed by atoms with Crippen molar-refractivity contribution in [3.05, 3.63) is 46.5 Å². The molecule has 32 heavy (non-hydrogen) atoms. The molecule has 0 aliphatic carbocycles. The zero-order chi connectivity index (χ0) is 25.0. The predicted octanol–water partition coefficient (Wildman–Crippen LogP) is 10.2. The summed E-state index contributed by atoms with van der Waals surface area (Å²) in [6.45, 7) is 14.1. The molecule has 3 atom stereocenters. The fourth-order valence-electron chi connectivity index (χ4n) is 5.10. The second-order valence-corrected chi connectivity index (χ2v) is 9.57. The van der Waals surface area contributed by atoms with Crippen LogP contribution < -0.4 is 0 Å². The molecule has 1 aromatic carbocycles. The van der Waals surface area contributed by atoms with Gasteiger partial charge in [-0.3, -0.25) is 0 Å². The summed E-state index contributed by atoms with van der Waals surface area (Å²) in [5.41, 5.74) is -2.02. The number of rotatable bonds is 10. The quantitative estimate of drug-likeness (QED) is 0.239. The molecule has 0 heterocycles. The minimum atomic E-state index is -4.85. The predicted molar refractivity (Wildman–Crippen MR) is 120 cm³/mol. The van der Waals surface area contributed by atoms with Gasteiger partial charge in [0.05, 0.1) is 11.1 Å². The molecule has 184 valence electrons. The number of hydrogen-bond donors (Lipinski definition) is 0. The lowest BCUT2D eigenvalue weighted by atomic mass is 9.51. The molecule has 0 fully saturated rings. The Kier molecular flexibility index (Phi) is 9.51. The van der Waals surface area contributed by atoms with Gasteiger partial charge in [0, 0.05) is 0 Å². The van der Waals surface area contributed by atoms with Crippen LogP contribution in [0, 0.1) is 10.8 Å². The topological polar surface area (TPSA) is 0 Å². The Bertz CT molecular complexity index is 737. The fraction of sp³-hybridized carbons (Fsp3) is 0.692.